The number of hydrogen-bond acceptors (Lipinski definition) is 7. The van der Waals surface area contributed by atoms with E-state index in [1.165, 1.54) is 4.90 Å². The number of nitrogens with zero attached hydrogens (tertiary/aromatic N) is 1. The van der Waals surface area contributed by atoms with Gasteiger partial charge >= 0.3 is 5.97 Å². The lowest BCUT2D eigenvalue weighted by molar-refractivity contribution is -0.163. The first-order valence-corrected chi connectivity index (χ1v) is 9.98. The summed E-state index contributed by atoms with van der Waals surface area (Å²) in [6, 6.07) is 4.20. The van der Waals surface area contributed by atoms with Crippen LogP contribution in [0.4, 0.5) is 0 Å². The lowest BCUT2D eigenvalue weighted by Crippen LogP contribution is -2.45. The third-order valence-corrected chi connectivity index (χ3v) is 5.61. The number of ether oxygens (including phenoxy) is 3. The minimum absolute atomic E-state index is 0.0224. The van der Waals surface area contributed by atoms with Gasteiger partial charge in [-0.2, -0.15) is 0 Å². The number of benzene rings is 1. The van der Waals surface area contributed by atoms with Crippen LogP contribution in [0.25, 0.3) is 0 Å². The van der Waals surface area contributed by atoms with Crippen molar-refractivity contribution in [3.63, 3.8) is 0 Å². The predicted octanol–water partition coefficient (Wildman–Crippen LogP) is -0.504. The van der Waals surface area contributed by atoms with Crippen LogP contribution in [0.1, 0.15) is 28.8 Å². The number of carbonyl (C=O) groups is 3. The summed E-state index contributed by atoms with van der Waals surface area (Å²) in [5, 5.41) is 12.2. The average molecular weight is 419 g/mol. The van der Waals surface area contributed by atoms with Crippen LogP contribution in [-0.4, -0.2) is 78.4 Å². The zero-order valence-electron chi connectivity index (χ0n) is 16.4. The van der Waals surface area contributed by atoms with Crippen molar-refractivity contribution >= 4 is 17.8 Å². The molecule has 1 aromatic carbocycles. The second-order valence-electron chi connectivity index (χ2n) is 7.75. The molecule has 2 saturated heterocycles. The monoisotopic (exact) mass is 419 g/mol. The van der Waals surface area contributed by atoms with Gasteiger partial charge in [0.15, 0.2) is 0 Å². The maximum atomic E-state index is 12.7. The SMILES string of the molecule is NC(=O)[C@H](CCC(=O)O)N1Cc2cc(O[C@@H]3CNC[C@H]3OC3COC3)ccc2C1=O. The molecule has 0 spiro atoms. The highest BCUT2D eigenvalue weighted by molar-refractivity contribution is 6.01. The number of carboxylic acids is 1. The summed E-state index contributed by atoms with van der Waals surface area (Å²) in [4.78, 5) is 36.8. The van der Waals surface area contributed by atoms with Gasteiger partial charge in [-0.3, -0.25) is 14.4 Å². The minimum atomic E-state index is -1.04. The van der Waals surface area contributed by atoms with E-state index in [-0.39, 0.29) is 43.6 Å². The van der Waals surface area contributed by atoms with Crippen molar-refractivity contribution in [2.75, 3.05) is 26.3 Å². The van der Waals surface area contributed by atoms with Gasteiger partial charge in [0.1, 0.15) is 30.1 Å². The maximum absolute atomic E-state index is 12.7. The largest absolute Gasteiger partial charge is 0.486 e. The van der Waals surface area contributed by atoms with Crippen LogP contribution >= 0.6 is 0 Å². The fourth-order valence-electron chi connectivity index (χ4n) is 3.96. The molecule has 3 heterocycles. The number of hydrogen-bond donors (Lipinski definition) is 3. The summed E-state index contributed by atoms with van der Waals surface area (Å²) in [6.07, 6.45) is -0.412. The first-order chi connectivity index (χ1) is 14.4. The molecular weight excluding hydrogens is 394 g/mol. The van der Waals surface area contributed by atoms with E-state index >= 15 is 0 Å². The number of amides is 2. The van der Waals surface area contributed by atoms with Gasteiger partial charge in [0.2, 0.25) is 5.91 Å². The Kier molecular flexibility index (Phi) is 5.89. The molecule has 1 aromatic rings. The Hall–Kier alpha value is -2.69. The van der Waals surface area contributed by atoms with E-state index in [4.69, 9.17) is 25.1 Å². The Labute approximate surface area is 173 Å². The molecule has 4 rings (SSSR count). The highest BCUT2D eigenvalue weighted by Crippen LogP contribution is 2.30. The molecule has 0 unspecified atom stereocenters. The Morgan fingerprint density at radius 1 is 1.30 bits per heavy atom. The summed E-state index contributed by atoms with van der Waals surface area (Å²) in [5.41, 5.74) is 6.61. The van der Waals surface area contributed by atoms with Crippen molar-refractivity contribution in [2.45, 2.75) is 43.7 Å². The average Bonchev–Trinajstić information content (AvgIpc) is 3.22. The molecule has 0 radical (unpaired) electrons. The van der Waals surface area contributed by atoms with Crippen LogP contribution in [0.15, 0.2) is 18.2 Å². The van der Waals surface area contributed by atoms with Gasteiger partial charge in [-0.05, 0) is 30.2 Å². The van der Waals surface area contributed by atoms with E-state index < -0.39 is 17.9 Å². The Balaban J connectivity index is 1.43. The molecular formula is C20H25N3O7. The predicted molar refractivity (Wildman–Crippen MR) is 103 cm³/mol. The summed E-state index contributed by atoms with van der Waals surface area (Å²) in [5.74, 6) is -1.49. The molecule has 0 aromatic heterocycles. The number of carboxylic acid groups (broad SMARTS) is 1. The molecule has 10 nitrogen and oxygen atoms in total. The number of nitrogens with two attached hydrogens (primary N) is 1. The molecule has 2 fully saturated rings. The molecule has 3 aliphatic rings. The first kappa shape index (κ1) is 20.6. The zero-order valence-corrected chi connectivity index (χ0v) is 16.4. The second kappa shape index (κ2) is 8.58. The highest BCUT2D eigenvalue weighted by atomic mass is 16.6. The number of fused-ring (bicyclic) bond motifs is 1. The Morgan fingerprint density at radius 2 is 2.07 bits per heavy atom. The van der Waals surface area contributed by atoms with Crippen molar-refractivity contribution < 1.29 is 33.7 Å². The molecule has 4 N–H and O–H groups in total. The fourth-order valence-corrected chi connectivity index (χ4v) is 3.96. The summed E-state index contributed by atoms with van der Waals surface area (Å²) < 4.78 is 17.2. The number of primary amides is 1. The van der Waals surface area contributed by atoms with E-state index in [0.717, 1.165) is 5.56 Å². The molecule has 10 heteroatoms. The molecule has 0 aliphatic carbocycles. The van der Waals surface area contributed by atoms with Gasteiger partial charge < -0.3 is 35.3 Å². The topological polar surface area (TPSA) is 140 Å². The molecule has 3 atom stereocenters. The molecule has 0 bridgehead atoms. The molecule has 0 saturated carbocycles. The van der Waals surface area contributed by atoms with E-state index in [9.17, 15) is 14.4 Å². The van der Waals surface area contributed by atoms with Crippen LogP contribution in [0.5, 0.6) is 5.75 Å². The van der Waals surface area contributed by atoms with Crippen LogP contribution in [0, 0.1) is 0 Å². The number of rotatable bonds is 9. The van der Waals surface area contributed by atoms with E-state index in [1.807, 2.05) is 0 Å². The highest BCUT2D eigenvalue weighted by Gasteiger charge is 2.37. The zero-order chi connectivity index (χ0) is 21.3. The Morgan fingerprint density at radius 3 is 2.73 bits per heavy atom. The van der Waals surface area contributed by atoms with Gasteiger partial charge in [0.25, 0.3) is 5.91 Å². The number of aliphatic carboxylic acids is 1. The number of carbonyl (C=O) groups excluding carboxylic acids is 2. The molecule has 30 heavy (non-hydrogen) atoms. The second-order valence-corrected chi connectivity index (χ2v) is 7.75. The smallest absolute Gasteiger partial charge is 0.303 e. The van der Waals surface area contributed by atoms with Crippen molar-refractivity contribution in [1.29, 1.82) is 0 Å². The van der Waals surface area contributed by atoms with E-state index in [0.29, 0.717) is 37.6 Å². The lowest BCUT2D eigenvalue weighted by atomic mass is 10.1. The van der Waals surface area contributed by atoms with Gasteiger partial charge in [0, 0.05) is 31.6 Å². The van der Waals surface area contributed by atoms with Crippen molar-refractivity contribution in [1.82, 2.24) is 10.2 Å². The molecule has 3 aliphatic heterocycles. The van der Waals surface area contributed by atoms with Gasteiger partial charge in [0.05, 0.1) is 13.2 Å². The van der Waals surface area contributed by atoms with Crippen molar-refractivity contribution in [3.05, 3.63) is 29.3 Å². The van der Waals surface area contributed by atoms with E-state index in [1.54, 1.807) is 18.2 Å². The maximum Gasteiger partial charge on any atom is 0.303 e. The fraction of sp³-hybridized carbons (Fsp3) is 0.550. The molecule has 162 valence electrons. The normalized spacial score (nSPS) is 24.4. The standard InChI is InChI=1S/C20H25N3O7/c21-19(26)15(3-4-18(24)25)23-8-11-5-12(1-2-14(11)20(23)27)29-16-6-22-7-17(16)30-13-9-28-10-13/h1-2,5,13,15-17,22H,3-4,6-10H2,(H2,21,26)(H,24,25)/t15-,16+,17+/m0/s1. The van der Waals surface area contributed by atoms with Crippen LogP contribution in [0.3, 0.4) is 0 Å². The first-order valence-electron chi connectivity index (χ1n) is 9.98. The van der Waals surface area contributed by atoms with Crippen molar-refractivity contribution in [2.24, 2.45) is 5.73 Å². The van der Waals surface area contributed by atoms with E-state index in [2.05, 4.69) is 5.32 Å². The summed E-state index contributed by atoms with van der Waals surface area (Å²) in [6.45, 7) is 2.73. The minimum Gasteiger partial charge on any atom is -0.486 e. The van der Waals surface area contributed by atoms with Crippen LogP contribution in [-0.2, 0) is 25.6 Å². The summed E-state index contributed by atoms with van der Waals surface area (Å²) in [7, 11) is 0. The third kappa shape index (κ3) is 4.25. The summed E-state index contributed by atoms with van der Waals surface area (Å²) >= 11 is 0. The van der Waals surface area contributed by atoms with Crippen LogP contribution < -0.4 is 15.8 Å². The van der Waals surface area contributed by atoms with Crippen molar-refractivity contribution in [3.8, 4) is 5.75 Å². The van der Waals surface area contributed by atoms with Gasteiger partial charge in [-0.1, -0.05) is 0 Å². The Bertz CT molecular complexity index is 842. The van der Waals surface area contributed by atoms with Gasteiger partial charge in [-0.25, -0.2) is 0 Å². The third-order valence-electron chi connectivity index (χ3n) is 5.61. The number of nitrogens with one attached hydrogen (secondary N) is 1. The van der Waals surface area contributed by atoms with Crippen LogP contribution in [0.2, 0.25) is 0 Å². The molecule has 2 amide bonds. The lowest BCUT2D eigenvalue weighted by Gasteiger charge is -2.31. The van der Waals surface area contributed by atoms with Gasteiger partial charge in [-0.15, -0.1) is 0 Å². The quantitative estimate of drug-likeness (QED) is 0.486.